The summed E-state index contributed by atoms with van der Waals surface area (Å²) in [6, 6.07) is 33.6. The predicted octanol–water partition coefficient (Wildman–Crippen LogP) is 10.1. The molecule has 7 aromatic rings. The van der Waals surface area contributed by atoms with Gasteiger partial charge < -0.3 is 30.4 Å². The van der Waals surface area contributed by atoms with Crippen molar-refractivity contribution in [2.24, 2.45) is 0 Å². The van der Waals surface area contributed by atoms with E-state index in [0.717, 1.165) is 0 Å². The smallest absolute Gasteiger partial charge is 0.335 e. The average Bonchev–Trinajstić information content (AvgIpc) is 4.10. The molecule has 0 amide bonds. The van der Waals surface area contributed by atoms with Gasteiger partial charge in [0.1, 0.15) is 0 Å². The summed E-state index contributed by atoms with van der Waals surface area (Å²) in [6.07, 6.45) is 7.47. The molecular formula is C48H30N4O8Zr. The zero-order chi connectivity index (χ0) is 41.7. The normalized spacial score (nSPS) is 11.5. The summed E-state index contributed by atoms with van der Waals surface area (Å²) in [7, 11) is 0. The molecule has 3 aromatic heterocycles. The Hall–Kier alpha value is -7.76. The van der Waals surface area contributed by atoms with Gasteiger partial charge in [0.25, 0.3) is 0 Å². The maximum atomic E-state index is 11.8. The number of carbonyl (C=O) groups is 4. The fraction of sp³-hybridized carbons (Fsp3) is 0. The zero-order valence-corrected chi connectivity index (χ0v) is 34.1. The molecule has 0 saturated heterocycles. The monoisotopic (exact) mass is 880 g/mol. The third kappa shape index (κ3) is 7.54. The number of nitrogens with one attached hydrogen (secondary N) is 2. The van der Waals surface area contributed by atoms with Crippen LogP contribution in [0.3, 0.4) is 0 Å². The van der Waals surface area contributed by atoms with Crippen molar-refractivity contribution in [3.05, 3.63) is 166 Å². The summed E-state index contributed by atoms with van der Waals surface area (Å²) >= 11 is 0. The second-order valence-corrected chi connectivity index (χ2v) is 14.0. The van der Waals surface area contributed by atoms with Crippen LogP contribution in [0.2, 0.25) is 0 Å². The van der Waals surface area contributed by atoms with E-state index >= 15 is 0 Å². The molecule has 12 nitrogen and oxygen atoms in total. The fourth-order valence-corrected chi connectivity index (χ4v) is 7.54. The maximum Gasteiger partial charge on any atom is 0.335 e. The molecule has 8 bridgehead atoms. The minimum absolute atomic E-state index is 0. The largest absolute Gasteiger partial charge is 0.478 e. The molecule has 2 aliphatic heterocycles. The Labute approximate surface area is 365 Å². The number of carboxylic acid groups (broad SMARTS) is 4. The van der Waals surface area contributed by atoms with Crippen molar-refractivity contribution in [1.29, 1.82) is 0 Å². The number of nitrogens with zero attached hydrogens (tertiary/aromatic N) is 2. The zero-order valence-electron chi connectivity index (χ0n) is 31.7. The summed E-state index contributed by atoms with van der Waals surface area (Å²) in [5.74, 6) is -4.25. The van der Waals surface area contributed by atoms with E-state index in [1.165, 1.54) is 48.5 Å². The van der Waals surface area contributed by atoms with E-state index < -0.39 is 23.9 Å². The Morgan fingerprint density at radius 2 is 0.525 bits per heavy atom. The maximum absolute atomic E-state index is 11.8. The molecular weight excluding hydrogens is 852 g/mol. The van der Waals surface area contributed by atoms with Crippen molar-refractivity contribution >= 4 is 70.2 Å². The number of hydrogen-bond donors (Lipinski definition) is 6. The topological polar surface area (TPSA) is 207 Å². The molecule has 13 heteroatoms. The third-order valence-electron chi connectivity index (χ3n) is 10.4. The predicted molar refractivity (Wildman–Crippen MR) is 228 cm³/mol. The number of aromatic nitrogens is 4. The van der Waals surface area contributed by atoms with Gasteiger partial charge in [-0.25, -0.2) is 29.1 Å². The molecule has 294 valence electrons. The number of H-pyrrole nitrogens is 2. The van der Waals surface area contributed by atoms with E-state index in [1.54, 1.807) is 48.5 Å². The summed E-state index contributed by atoms with van der Waals surface area (Å²) in [4.78, 5) is 64.8. The van der Waals surface area contributed by atoms with Crippen LogP contribution in [0.1, 0.15) is 64.2 Å². The number of carboxylic acids is 4. The minimum Gasteiger partial charge on any atom is -0.478 e. The van der Waals surface area contributed by atoms with Gasteiger partial charge in [0.15, 0.2) is 0 Å². The first kappa shape index (κ1) is 40.0. The van der Waals surface area contributed by atoms with Crippen LogP contribution in [0.15, 0.2) is 121 Å². The molecule has 6 N–H and O–H groups in total. The Bertz CT molecular complexity index is 2760. The van der Waals surface area contributed by atoms with Crippen molar-refractivity contribution in [1.82, 2.24) is 19.9 Å². The SMILES string of the molecule is O=C(O)c1ccc(-c2c3nc(c(-c4ccc(C(=O)O)cc4)c4ccc([nH]4)c(-c4ccc(C(=O)O)cc4)c4nc(c(-c5ccc(C(=O)O)cc5)c5ccc2[nH]5)C=C4)C=C3)cc1.[Zr]. The number of aromatic amines is 2. The Kier molecular flexibility index (Phi) is 10.6. The number of benzene rings is 4. The van der Waals surface area contributed by atoms with Crippen molar-refractivity contribution in [2.45, 2.75) is 0 Å². The van der Waals surface area contributed by atoms with E-state index in [4.69, 9.17) is 9.97 Å². The summed E-state index contributed by atoms with van der Waals surface area (Å²) in [6.45, 7) is 0. The van der Waals surface area contributed by atoms with Gasteiger partial charge in [0.2, 0.25) is 0 Å². The van der Waals surface area contributed by atoms with E-state index in [-0.39, 0.29) is 48.5 Å². The molecule has 61 heavy (non-hydrogen) atoms. The van der Waals surface area contributed by atoms with Crippen LogP contribution < -0.4 is 0 Å². The van der Waals surface area contributed by atoms with Gasteiger partial charge in [0, 0.05) is 70.5 Å². The van der Waals surface area contributed by atoms with Crippen LogP contribution in [0, 0.1) is 0 Å². The van der Waals surface area contributed by atoms with Crippen LogP contribution in [-0.4, -0.2) is 64.2 Å². The standard InChI is InChI=1S/C48H30N4O8.Zr/c53-45(54)29-9-1-25(2-10-29)41-33-17-19-35(49-33)42(26-3-11-30(12-4-26)46(55)56)37-21-23-39(51-37)44(28-7-15-32(16-8-28)48(59)60)40-24-22-38(52-40)43(36-20-18-34(41)50-36)27-5-13-31(14-6-27)47(57)58;/h1-24,49,52H,(H,53,54)(H,55,56)(H,57,58)(H,59,60);. The van der Waals surface area contributed by atoms with Crippen molar-refractivity contribution in [3.63, 3.8) is 0 Å². The van der Waals surface area contributed by atoms with Crippen LogP contribution in [0.25, 0.3) is 90.9 Å². The van der Waals surface area contributed by atoms with Gasteiger partial charge in [-0.3, -0.25) is 0 Å². The first-order valence-electron chi connectivity index (χ1n) is 18.5. The average molecular weight is 882 g/mol. The summed E-state index contributed by atoms with van der Waals surface area (Å²) < 4.78 is 0. The molecule has 2 aliphatic rings. The van der Waals surface area contributed by atoms with Gasteiger partial charge in [0.05, 0.1) is 45.0 Å². The quantitative estimate of drug-likeness (QED) is 0.0851. The molecule has 0 unspecified atom stereocenters. The minimum atomic E-state index is -1.06. The Morgan fingerprint density at radius 3 is 0.705 bits per heavy atom. The van der Waals surface area contributed by atoms with Gasteiger partial charge in [-0.1, -0.05) is 48.5 Å². The van der Waals surface area contributed by atoms with E-state index in [9.17, 15) is 39.6 Å². The van der Waals surface area contributed by atoms with Gasteiger partial charge in [-0.05, 0) is 119 Å². The van der Waals surface area contributed by atoms with E-state index in [1.807, 2.05) is 48.6 Å². The molecule has 0 saturated carbocycles. The molecule has 4 aromatic carbocycles. The molecule has 0 atom stereocenters. The second-order valence-electron chi connectivity index (χ2n) is 14.0. The Balaban J connectivity index is 0.00000514. The summed E-state index contributed by atoms with van der Waals surface area (Å²) in [5.41, 5.74) is 10.7. The fourth-order valence-electron chi connectivity index (χ4n) is 7.54. The first-order valence-corrected chi connectivity index (χ1v) is 18.5. The molecule has 0 fully saturated rings. The molecule has 5 heterocycles. The van der Waals surface area contributed by atoms with Gasteiger partial charge in [-0.15, -0.1) is 0 Å². The van der Waals surface area contributed by atoms with E-state index in [2.05, 4.69) is 9.97 Å². The van der Waals surface area contributed by atoms with Crippen LogP contribution >= 0.6 is 0 Å². The molecule has 0 aliphatic carbocycles. The number of hydrogen-bond acceptors (Lipinski definition) is 6. The van der Waals surface area contributed by atoms with Crippen LogP contribution in [0.4, 0.5) is 0 Å². The van der Waals surface area contributed by atoms with Crippen molar-refractivity contribution in [3.8, 4) is 44.5 Å². The third-order valence-corrected chi connectivity index (χ3v) is 10.4. The van der Waals surface area contributed by atoms with Crippen LogP contribution in [-0.2, 0) is 26.2 Å². The number of aromatic carboxylic acids is 4. The van der Waals surface area contributed by atoms with Gasteiger partial charge in [-0.2, -0.15) is 0 Å². The molecule has 0 spiro atoms. The Morgan fingerprint density at radius 1 is 0.328 bits per heavy atom. The second kappa shape index (κ2) is 16.1. The number of fused-ring (bicyclic) bond motifs is 8. The van der Waals surface area contributed by atoms with Crippen LogP contribution in [0.5, 0.6) is 0 Å². The van der Waals surface area contributed by atoms with Crippen molar-refractivity contribution < 1.29 is 65.8 Å². The molecule has 0 radical (unpaired) electrons. The molecule has 9 rings (SSSR count). The first-order chi connectivity index (χ1) is 29.0. The van der Waals surface area contributed by atoms with Gasteiger partial charge >= 0.3 is 23.9 Å². The summed E-state index contributed by atoms with van der Waals surface area (Å²) in [5, 5.41) is 38.7. The van der Waals surface area contributed by atoms with E-state index in [0.29, 0.717) is 89.4 Å². The number of rotatable bonds is 8. The van der Waals surface area contributed by atoms with Crippen molar-refractivity contribution in [2.75, 3.05) is 0 Å².